The van der Waals surface area contributed by atoms with E-state index in [1.54, 1.807) is 0 Å². The molecule has 0 fully saturated rings. The second-order valence-corrected chi connectivity index (χ2v) is 1.68. The van der Waals surface area contributed by atoms with Gasteiger partial charge in [0.05, 0.1) is 7.85 Å². The largest absolute Gasteiger partial charge is 0.394 e. The van der Waals surface area contributed by atoms with E-state index in [2.05, 4.69) is 0 Å². The zero-order valence-corrected chi connectivity index (χ0v) is 4.72. The van der Waals surface area contributed by atoms with Crippen molar-refractivity contribution in [1.82, 2.24) is 0 Å². The van der Waals surface area contributed by atoms with Crippen LogP contribution in [0.25, 0.3) is 0 Å². The smallest absolute Gasteiger partial charge is 0.0687 e. The normalized spacial score (nSPS) is 14.0. The third-order valence-electron chi connectivity index (χ3n) is 0.894. The van der Waals surface area contributed by atoms with Crippen molar-refractivity contribution in [2.45, 2.75) is 32.2 Å². The molecule has 40 valence electrons. The molecule has 0 spiro atoms. The van der Waals surface area contributed by atoms with Crippen LogP contribution >= 0.6 is 0 Å². The monoisotopic (exact) mass is 98.1 g/mol. The van der Waals surface area contributed by atoms with Crippen molar-refractivity contribution >= 4 is 7.85 Å². The van der Waals surface area contributed by atoms with Gasteiger partial charge >= 0.3 is 0 Å². The van der Waals surface area contributed by atoms with Gasteiger partial charge in [0.15, 0.2) is 0 Å². The molecule has 1 unspecified atom stereocenters. The standard InChI is InChI=1S/C5H11BO/c1-2-3-5(7)4-6/h5,7H,2-4H2,1H3. The van der Waals surface area contributed by atoms with Gasteiger partial charge in [0, 0.05) is 6.10 Å². The SMILES string of the molecule is [B]CC(O)CCC. The van der Waals surface area contributed by atoms with Crippen LogP contribution in [-0.2, 0) is 0 Å². The second-order valence-electron chi connectivity index (χ2n) is 1.68. The molecule has 0 heterocycles. The van der Waals surface area contributed by atoms with Crippen LogP contribution in [0.15, 0.2) is 0 Å². The Morgan fingerprint density at radius 1 is 1.71 bits per heavy atom. The van der Waals surface area contributed by atoms with E-state index in [4.69, 9.17) is 13.0 Å². The Bertz CT molecular complexity index is 39.1. The van der Waals surface area contributed by atoms with Gasteiger partial charge in [0.1, 0.15) is 0 Å². The minimum atomic E-state index is -0.273. The van der Waals surface area contributed by atoms with Crippen LogP contribution in [0.2, 0.25) is 6.32 Å². The van der Waals surface area contributed by atoms with Gasteiger partial charge in [0.25, 0.3) is 0 Å². The highest BCUT2D eigenvalue weighted by Gasteiger charge is 1.94. The van der Waals surface area contributed by atoms with Crippen molar-refractivity contribution in [2.75, 3.05) is 0 Å². The van der Waals surface area contributed by atoms with Gasteiger partial charge in [-0.15, -0.1) is 0 Å². The van der Waals surface area contributed by atoms with Crippen molar-refractivity contribution in [3.05, 3.63) is 0 Å². The lowest BCUT2D eigenvalue weighted by molar-refractivity contribution is 0.184. The van der Waals surface area contributed by atoms with Crippen molar-refractivity contribution in [2.24, 2.45) is 0 Å². The summed E-state index contributed by atoms with van der Waals surface area (Å²) in [7, 11) is 5.11. The molecule has 1 atom stereocenters. The van der Waals surface area contributed by atoms with Crippen LogP contribution in [0.4, 0.5) is 0 Å². The van der Waals surface area contributed by atoms with Gasteiger partial charge in [-0.25, -0.2) is 0 Å². The average molecular weight is 98.0 g/mol. The molecule has 0 aromatic heterocycles. The number of aliphatic hydroxyl groups excluding tert-OH is 1. The van der Waals surface area contributed by atoms with E-state index in [1.165, 1.54) is 0 Å². The zero-order chi connectivity index (χ0) is 5.70. The van der Waals surface area contributed by atoms with Gasteiger partial charge in [-0.1, -0.05) is 19.7 Å². The molecule has 7 heavy (non-hydrogen) atoms. The molecule has 1 N–H and O–H groups in total. The lowest BCUT2D eigenvalue weighted by Gasteiger charge is -2.02. The highest BCUT2D eigenvalue weighted by atomic mass is 16.3. The highest BCUT2D eigenvalue weighted by molar-refractivity contribution is 6.08. The van der Waals surface area contributed by atoms with Gasteiger partial charge < -0.3 is 5.11 Å². The maximum Gasteiger partial charge on any atom is 0.0687 e. The lowest BCUT2D eigenvalue weighted by Crippen LogP contribution is -2.02. The van der Waals surface area contributed by atoms with Crippen LogP contribution in [0, 0.1) is 0 Å². The fourth-order valence-corrected chi connectivity index (χ4v) is 0.451. The van der Waals surface area contributed by atoms with E-state index in [0.29, 0.717) is 6.32 Å². The lowest BCUT2D eigenvalue weighted by atomic mass is 9.97. The first-order valence-corrected chi connectivity index (χ1v) is 2.69. The maximum absolute atomic E-state index is 8.73. The minimum absolute atomic E-state index is 0.273. The number of aliphatic hydroxyl groups is 1. The Labute approximate surface area is 46.1 Å². The average Bonchev–Trinajstić information content (AvgIpc) is 1.68. The van der Waals surface area contributed by atoms with E-state index in [-0.39, 0.29) is 6.10 Å². The highest BCUT2D eigenvalue weighted by Crippen LogP contribution is 1.97. The summed E-state index contributed by atoms with van der Waals surface area (Å²) >= 11 is 0. The quantitative estimate of drug-likeness (QED) is 0.516. The van der Waals surface area contributed by atoms with Gasteiger partial charge in [-0.2, -0.15) is 0 Å². The van der Waals surface area contributed by atoms with Gasteiger partial charge in [0.2, 0.25) is 0 Å². The molecule has 0 bridgehead atoms. The summed E-state index contributed by atoms with van der Waals surface area (Å²) in [5, 5.41) is 8.73. The fraction of sp³-hybridized carbons (Fsp3) is 1.00. The molecule has 0 aliphatic carbocycles. The van der Waals surface area contributed by atoms with E-state index in [9.17, 15) is 0 Å². The molecule has 0 rings (SSSR count). The molecule has 2 radical (unpaired) electrons. The van der Waals surface area contributed by atoms with E-state index < -0.39 is 0 Å². The molecule has 0 amide bonds. The Kier molecular flexibility index (Phi) is 4.21. The Morgan fingerprint density at radius 2 is 2.29 bits per heavy atom. The van der Waals surface area contributed by atoms with Crippen LogP contribution in [0.3, 0.4) is 0 Å². The molecular weight excluding hydrogens is 86.9 g/mol. The van der Waals surface area contributed by atoms with E-state index in [0.717, 1.165) is 12.8 Å². The minimum Gasteiger partial charge on any atom is -0.394 e. The summed E-state index contributed by atoms with van der Waals surface area (Å²) in [6.45, 7) is 2.03. The molecule has 0 saturated carbocycles. The summed E-state index contributed by atoms with van der Waals surface area (Å²) in [6, 6.07) is 0. The van der Waals surface area contributed by atoms with E-state index in [1.807, 2.05) is 6.92 Å². The summed E-state index contributed by atoms with van der Waals surface area (Å²) in [5.41, 5.74) is 0. The number of rotatable bonds is 3. The van der Waals surface area contributed by atoms with Crippen molar-refractivity contribution in [1.29, 1.82) is 0 Å². The predicted octanol–water partition coefficient (Wildman–Crippen LogP) is 0.734. The Hall–Kier alpha value is 0.0249. The molecular formula is C5H11BO. The van der Waals surface area contributed by atoms with Crippen LogP contribution < -0.4 is 0 Å². The van der Waals surface area contributed by atoms with Crippen molar-refractivity contribution < 1.29 is 5.11 Å². The van der Waals surface area contributed by atoms with Gasteiger partial charge in [-0.3, -0.25) is 0 Å². The number of hydrogen-bond acceptors (Lipinski definition) is 1. The summed E-state index contributed by atoms with van der Waals surface area (Å²) < 4.78 is 0. The zero-order valence-electron chi connectivity index (χ0n) is 4.72. The fourth-order valence-electron chi connectivity index (χ4n) is 0.451. The summed E-state index contributed by atoms with van der Waals surface area (Å²) in [6.07, 6.45) is 1.97. The number of hydrogen-bond donors (Lipinski definition) is 1. The first-order valence-electron chi connectivity index (χ1n) is 2.69. The van der Waals surface area contributed by atoms with Gasteiger partial charge in [-0.05, 0) is 6.42 Å². The first-order chi connectivity index (χ1) is 3.31. The Morgan fingerprint density at radius 3 is 2.43 bits per heavy atom. The van der Waals surface area contributed by atoms with Crippen molar-refractivity contribution in [3.63, 3.8) is 0 Å². The second kappa shape index (κ2) is 4.19. The molecule has 0 saturated heterocycles. The van der Waals surface area contributed by atoms with Crippen LogP contribution in [-0.4, -0.2) is 19.1 Å². The Balaban J connectivity index is 2.83. The molecule has 2 heteroatoms. The molecule has 0 aliphatic rings. The van der Waals surface area contributed by atoms with Crippen LogP contribution in [0.5, 0.6) is 0 Å². The predicted molar refractivity (Wildman–Crippen MR) is 31.5 cm³/mol. The summed E-state index contributed by atoms with van der Waals surface area (Å²) in [4.78, 5) is 0. The van der Waals surface area contributed by atoms with Crippen molar-refractivity contribution in [3.8, 4) is 0 Å². The molecule has 0 aromatic carbocycles. The third-order valence-corrected chi connectivity index (χ3v) is 0.894. The molecule has 0 aliphatic heterocycles. The van der Waals surface area contributed by atoms with Crippen LogP contribution in [0.1, 0.15) is 19.8 Å². The molecule has 1 nitrogen and oxygen atoms in total. The third kappa shape index (κ3) is 3.87. The van der Waals surface area contributed by atoms with E-state index >= 15 is 0 Å². The molecule has 0 aromatic rings. The maximum atomic E-state index is 8.73. The first kappa shape index (κ1) is 7.02. The summed E-state index contributed by atoms with van der Waals surface area (Å²) in [5.74, 6) is 0. The topological polar surface area (TPSA) is 20.2 Å².